The molecule has 0 radical (unpaired) electrons. The van der Waals surface area contributed by atoms with E-state index < -0.39 is 183 Å². The summed E-state index contributed by atoms with van der Waals surface area (Å²) in [6, 6.07) is 0. The third-order valence-corrected chi connectivity index (χ3v) is 10.6. The standard InChI is InChI=1S/C6H19O27P7.C6H12O6.7H3O4P/c7-34(8,9)27-1-2(28-35(10,11)12)4(30-37(16,17)18)6(32-40(25,26)33-39(22,23)24)5(31-38(19,20)21)3(1)29-36(13,14)15;7-1-2(8)4(10)6(12)5(11)3(1)9;7*1-5(2,3)4/h1-6H,(H,25,26)(H2,7,8,9)(H2,10,11,12)(H2,13,14,15)(H2,16,17,18)(H2,19,20,21)(H2,22,23,24);1-12H;7*(H3,1,2,3,4). The Labute approximate surface area is 474 Å². The predicted octanol–water partition coefficient (Wildman–Crippen LogP) is -13.4. The smallest absolute Gasteiger partial charge is 0.387 e. The number of phosphoric acid groups is 14. The van der Waals surface area contributed by atoms with Crippen LogP contribution in [0.25, 0.3) is 0 Å². The van der Waals surface area contributed by atoms with Crippen molar-refractivity contribution in [1.29, 1.82) is 0 Å². The van der Waals surface area contributed by atoms with Crippen LogP contribution in [0.15, 0.2) is 0 Å². The number of phosphoric ester groups is 6. The van der Waals surface area contributed by atoms with E-state index in [2.05, 4.69) is 31.5 Å². The average molecular weight is 1610 g/mol. The lowest BCUT2D eigenvalue weighted by Crippen LogP contribution is -2.66. The van der Waals surface area contributed by atoms with Crippen LogP contribution in [-0.2, 0) is 95.4 Å². The van der Waals surface area contributed by atoms with Crippen LogP contribution in [0.2, 0.25) is 0 Å². The van der Waals surface area contributed by atoms with Crippen molar-refractivity contribution in [3.63, 3.8) is 0 Å². The van der Waals surface area contributed by atoms with E-state index in [9.17, 15) is 85.8 Å². The van der Waals surface area contributed by atoms with Gasteiger partial charge in [0.1, 0.15) is 73.2 Å². The Morgan fingerprint density at radius 1 is 0.172 bits per heavy atom. The maximum Gasteiger partial charge on any atom is 0.481 e. The highest BCUT2D eigenvalue weighted by Gasteiger charge is 2.63. The molecule has 0 aromatic carbocycles. The topological polar surface area (TPSA) is 1110 Å². The molecule has 0 amide bonds. The number of hydrogen-bond acceptors (Lipinski definition) is 27. The Morgan fingerprint density at radius 3 is 0.345 bits per heavy atom. The van der Waals surface area contributed by atoms with Crippen molar-refractivity contribution in [2.24, 2.45) is 0 Å². The van der Waals surface area contributed by atoms with Gasteiger partial charge in [-0.25, -0.2) is 63.9 Å². The van der Waals surface area contributed by atoms with Crippen molar-refractivity contribution in [3.05, 3.63) is 0 Å². The molecule has 2 aliphatic carbocycles. The molecule has 0 aromatic rings. The summed E-state index contributed by atoms with van der Waals surface area (Å²) in [5, 5.41) is 53.8. The van der Waals surface area contributed by atoms with Gasteiger partial charge in [-0.3, -0.25) is 27.1 Å². The lowest BCUT2D eigenvalue weighted by atomic mass is 9.85. The van der Waals surface area contributed by atoms with Crippen LogP contribution in [0, 0.1) is 0 Å². The van der Waals surface area contributed by atoms with Gasteiger partial charge >= 0.3 is 110 Å². The molecular weight excluding hydrogens is 1550 g/mol. The summed E-state index contributed by atoms with van der Waals surface area (Å²) in [5.74, 6) is 0. The minimum absolute atomic E-state index is 1.64. The van der Waals surface area contributed by atoms with Crippen molar-refractivity contribution >= 4 is 110 Å². The molecule has 2 rings (SSSR count). The van der Waals surface area contributed by atoms with Crippen molar-refractivity contribution in [3.8, 4) is 0 Å². The summed E-state index contributed by atoms with van der Waals surface area (Å²) < 4.78 is 171. The average Bonchev–Trinajstić information content (AvgIpc) is 3.09. The zero-order valence-electron chi connectivity index (χ0n) is 39.7. The summed E-state index contributed by atoms with van der Waals surface area (Å²) >= 11 is 0. The Hall–Kier alpha value is 1.34. The van der Waals surface area contributed by atoms with Crippen molar-refractivity contribution < 1.29 is 292 Å². The Balaban J connectivity index is -0.000000216. The molecule has 0 bridgehead atoms. The van der Waals surface area contributed by atoms with Crippen LogP contribution in [0.5, 0.6) is 0 Å². The Morgan fingerprint density at radius 2 is 0.264 bits per heavy atom. The van der Waals surface area contributed by atoms with Gasteiger partial charge in [0, 0.05) is 0 Å². The maximum atomic E-state index is 12.2. The first-order chi connectivity index (χ1) is 36.7. The van der Waals surface area contributed by atoms with E-state index >= 15 is 0 Å². The van der Waals surface area contributed by atoms with E-state index in [1.54, 1.807) is 0 Å². The van der Waals surface area contributed by atoms with Crippen molar-refractivity contribution in [2.45, 2.75) is 73.2 Å². The van der Waals surface area contributed by atoms with Crippen LogP contribution in [0.3, 0.4) is 0 Å². The monoisotopic (exact) mass is 1610 g/mol. The second-order valence-corrected chi connectivity index (χ2v) is 29.4. The van der Waals surface area contributed by atoms with Gasteiger partial charge in [0.05, 0.1) is 0 Å². The minimum atomic E-state index is -6.43. The highest BCUT2D eigenvalue weighted by Crippen LogP contribution is 2.62. The van der Waals surface area contributed by atoms with E-state index in [1.807, 2.05) is 0 Å². The third kappa shape index (κ3) is 87.3. The molecule has 0 aromatic heterocycles. The van der Waals surface area contributed by atoms with Gasteiger partial charge in [-0.2, -0.15) is 4.31 Å². The lowest BCUT2D eigenvalue weighted by Gasteiger charge is -2.48. The summed E-state index contributed by atoms with van der Waals surface area (Å²) in [7, 11) is -75.7. The van der Waals surface area contributed by atoms with Crippen LogP contribution in [0.1, 0.15) is 0 Å². The van der Waals surface area contributed by atoms with E-state index in [1.165, 1.54) is 0 Å². The second kappa shape index (κ2) is 39.5. The van der Waals surface area contributed by atoms with Gasteiger partial charge in [0.2, 0.25) is 0 Å². The van der Waals surface area contributed by atoms with Gasteiger partial charge in [-0.15, -0.1) is 0 Å². The van der Waals surface area contributed by atoms with Crippen LogP contribution in [0.4, 0.5) is 0 Å². The molecule has 2 fully saturated rings. The molecule has 0 heterocycles. The molecule has 61 nitrogen and oxygen atoms in total. The number of hydrogen-bond donors (Lipinski definition) is 40. The fourth-order valence-corrected chi connectivity index (χ4v) is 8.72. The van der Waals surface area contributed by atoms with Gasteiger partial charge in [-0.05, 0) is 0 Å². The molecular formula is C12H52O61P14. The largest absolute Gasteiger partial charge is 0.481 e. The maximum absolute atomic E-state index is 12.2. The molecule has 2 aliphatic rings. The molecule has 5 unspecified atom stereocenters. The first-order valence-corrected chi connectivity index (χ1v) is 39.4. The molecule has 0 spiro atoms. The normalized spacial score (nSPS) is 25.8. The SMILES string of the molecule is O=P(O)(O)O.O=P(O)(O)O.O=P(O)(O)O.O=P(O)(O)O.O=P(O)(O)O.O=P(O)(O)O.O=P(O)(O)O.O=P(O)(O)OC1C(OP(=O)(O)O)C(OP(=O)(O)O)C(OP(=O)(O)OP(=O)(O)O)C(OP(=O)(O)O)C1OP(=O)(O)O.OC1C(O)C(O)C(O)C(O)C1O. The molecule has 0 saturated heterocycles. The fraction of sp³-hybridized carbons (Fsp3) is 1.00. The van der Waals surface area contributed by atoms with E-state index in [0.717, 1.165) is 0 Å². The van der Waals surface area contributed by atoms with Gasteiger partial charge in [0.25, 0.3) is 0 Å². The van der Waals surface area contributed by atoms with Gasteiger partial charge in [0.15, 0.2) is 0 Å². The zero-order valence-corrected chi connectivity index (χ0v) is 52.2. The van der Waals surface area contributed by atoms with E-state index in [-0.39, 0.29) is 0 Å². The molecule has 87 heavy (non-hydrogen) atoms. The van der Waals surface area contributed by atoms with Crippen molar-refractivity contribution in [1.82, 2.24) is 0 Å². The van der Waals surface area contributed by atoms with Crippen LogP contribution < -0.4 is 0 Å². The summed E-state index contributed by atoms with van der Waals surface area (Å²) in [4.78, 5) is 270. The van der Waals surface area contributed by atoms with Gasteiger partial charge < -0.3 is 197 Å². The van der Waals surface area contributed by atoms with Crippen molar-refractivity contribution in [2.75, 3.05) is 0 Å². The predicted molar refractivity (Wildman–Crippen MR) is 248 cm³/mol. The first kappa shape index (κ1) is 102. The zero-order chi connectivity index (χ0) is 72.9. The summed E-state index contributed by atoms with van der Waals surface area (Å²) in [6.45, 7) is 0. The molecule has 2 saturated carbocycles. The first-order valence-electron chi connectivity index (χ1n) is 17.8. The summed E-state index contributed by atoms with van der Waals surface area (Å²) in [6.07, 6.45) is -29.8. The summed E-state index contributed by atoms with van der Waals surface area (Å²) in [5.41, 5.74) is 0. The second-order valence-electron chi connectivity index (χ2n) is 13.5. The molecule has 40 N–H and O–H groups in total. The lowest BCUT2D eigenvalue weighted by molar-refractivity contribution is -0.223. The number of rotatable bonds is 14. The minimum Gasteiger partial charge on any atom is -0.387 e. The third-order valence-electron chi connectivity index (χ3n) is 5.80. The Bertz CT molecular complexity index is 2320. The molecule has 0 aliphatic heterocycles. The van der Waals surface area contributed by atoms with Crippen LogP contribution in [-0.4, -0.2) is 270 Å². The van der Waals surface area contributed by atoms with Crippen LogP contribution >= 0.6 is 110 Å². The van der Waals surface area contributed by atoms with Gasteiger partial charge in [-0.1, -0.05) is 0 Å². The quantitative estimate of drug-likeness (QED) is 0.0718. The highest BCUT2D eigenvalue weighted by molar-refractivity contribution is 7.60. The molecule has 75 heteroatoms. The molecule has 536 valence electrons. The highest BCUT2D eigenvalue weighted by atomic mass is 31.3. The fourth-order valence-electron chi connectivity index (χ4n) is 4.15. The van der Waals surface area contributed by atoms with E-state index in [4.69, 9.17) is 175 Å². The Kier molecular flexibility index (Phi) is 46.3. The number of aliphatic hydroxyl groups excluding tert-OH is 6. The molecule has 5 atom stereocenters. The number of aliphatic hydroxyl groups is 6. The van der Waals surface area contributed by atoms with E-state index in [0.29, 0.717) is 0 Å².